The highest BCUT2D eigenvalue weighted by molar-refractivity contribution is 7.92. The van der Waals surface area contributed by atoms with Crippen LogP contribution in [0.2, 0.25) is 0 Å². The second-order valence-corrected chi connectivity index (χ2v) is 7.97. The third-order valence-electron chi connectivity index (χ3n) is 3.98. The summed E-state index contributed by atoms with van der Waals surface area (Å²) in [6, 6.07) is 13.6. The van der Waals surface area contributed by atoms with Crippen molar-refractivity contribution in [3.63, 3.8) is 0 Å². The minimum absolute atomic E-state index is 0.275. The molecule has 0 aliphatic rings. The Bertz CT molecular complexity index is 881. The summed E-state index contributed by atoms with van der Waals surface area (Å²) in [6.07, 6.45) is 0.920. The van der Waals surface area contributed by atoms with Gasteiger partial charge >= 0.3 is 0 Å². The molecule has 0 unspecified atom stereocenters. The van der Waals surface area contributed by atoms with E-state index in [4.69, 9.17) is 9.47 Å². The summed E-state index contributed by atoms with van der Waals surface area (Å²) in [7, 11) is -0.299. The topological polar surface area (TPSA) is 84.9 Å². The molecule has 0 saturated heterocycles. The average Bonchev–Trinajstić information content (AvgIpc) is 2.65. The number of hydrogen-bond donors (Lipinski definition) is 1. The van der Waals surface area contributed by atoms with E-state index in [1.807, 2.05) is 6.92 Å². The highest BCUT2D eigenvalue weighted by atomic mass is 32.2. The molecule has 0 spiro atoms. The Labute approximate surface area is 160 Å². The van der Waals surface area contributed by atoms with Crippen LogP contribution in [0.15, 0.2) is 48.5 Å². The molecule has 7 nitrogen and oxygen atoms in total. The molecular weight excluding hydrogens is 368 g/mol. The second kappa shape index (κ2) is 8.77. The van der Waals surface area contributed by atoms with Crippen LogP contribution in [0.1, 0.15) is 13.3 Å². The number of hydrogen-bond acceptors (Lipinski definition) is 5. The van der Waals surface area contributed by atoms with Crippen LogP contribution in [0, 0.1) is 0 Å². The summed E-state index contributed by atoms with van der Waals surface area (Å²) in [4.78, 5) is 12.5. The maximum atomic E-state index is 12.5. The Morgan fingerprint density at radius 1 is 1.15 bits per heavy atom. The molecule has 146 valence electrons. The number of ether oxygens (including phenoxy) is 2. The Balaban J connectivity index is 2.06. The van der Waals surface area contributed by atoms with Crippen molar-refractivity contribution in [3.05, 3.63) is 48.5 Å². The number of sulfonamides is 1. The zero-order valence-electron chi connectivity index (χ0n) is 15.8. The molecule has 1 atom stereocenters. The van der Waals surface area contributed by atoms with Gasteiger partial charge in [0.05, 0.1) is 19.1 Å². The van der Waals surface area contributed by atoms with Crippen LogP contribution in [0.4, 0.5) is 11.4 Å². The lowest BCUT2D eigenvalue weighted by Gasteiger charge is -2.19. The maximum absolute atomic E-state index is 12.5. The van der Waals surface area contributed by atoms with Gasteiger partial charge in [-0.2, -0.15) is 0 Å². The van der Waals surface area contributed by atoms with E-state index in [-0.39, 0.29) is 5.91 Å². The first-order chi connectivity index (χ1) is 12.7. The molecule has 2 aromatic rings. The summed E-state index contributed by atoms with van der Waals surface area (Å²) in [5.41, 5.74) is 1.13. The number of amides is 1. The predicted octanol–water partition coefficient (Wildman–Crippen LogP) is 2.89. The van der Waals surface area contributed by atoms with E-state index in [1.54, 1.807) is 55.6 Å². The summed E-state index contributed by atoms with van der Waals surface area (Å²) in [5, 5.41) is 2.81. The van der Waals surface area contributed by atoms with Gasteiger partial charge in [0.2, 0.25) is 10.0 Å². The molecule has 0 aliphatic heterocycles. The Morgan fingerprint density at radius 3 is 2.37 bits per heavy atom. The quantitative estimate of drug-likeness (QED) is 0.747. The third-order valence-corrected chi connectivity index (χ3v) is 5.18. The SMILES string of the molecule is CC[C@@H](Oc1ccc(N(C)S(C)(=O)=O)cc1)C(=O)Nc1cccc(OC)c1. The molecule has 8 heteroatoms. The molecule has 27 heavy (non-hydrogen) atoms. The van der Waals surface area contributed by atoms with Gasteiger partial charge in [0, 0.05) is 18.8 Å². The van der Waals surface area contributed by atoms with Gasteiger partial charge < -0.3 is 14.8 Å². The first-order valence-electron chi connectivity index (χ1n) is 8.40. The van der Waals surface area contributed by atoms with E-state index in [2.05, 4.69) is 5.32 Å². The lowest BCUT2D eigenvalue weighted by atomic mass is 10.2. The highest BCUT2D eigenvalue weighted by Gasteiger charge is 2.19. The zero-order chi connectivity index (χ0) is 20.0. The van der Waals surface area contributed by atoms with Crippen molar-refractivity contribution in [2.75, 3.05) is 30.0 Å². The maximum Gasteiger partial charge on any atom is 0.265 e. The van der Waals surface area contributed by atoms with E-state index >= 15 is 0 Å². The molecule has 0 bridgehead atoms. The van der Waals surface area contributed by atoms with Crippen LogP contribution < -0.4 is 19.1 Å². The van der Waals surface area contributed by atoms with E-state index in [9.17, 15) is 13.2 Å². The van der Waals surface area contributed by atoms with E-state index in [0.717, 1.165) is 6.26 Å². The van der Waals surface area contributed by atoms with Crippen molar-refractivity contribution in [2.45, 2.75) is 19.4 Å². The van der Waals surface area contributed by atoms with Crippen molar-refractivity contribution in [3.8, 4) is 11.5 Å². The Kier molecular flexibility index (Phi) is 6.68. The zero-order valence-corrected chi connectivity index (χ0v) is 16.6. The van der Waals surface area contributed by atoms with Crippen LogP contribution in [0.5, 0.6) is 11.5 Å². The number of methoxy groups -OCH3 is 1. The lowest BCUT2D eigenvalue weighted by Crippen LogP contribution is -2.32. The van der Waals surface area contributed by atoms with E-state index in [0.29, 0.717) is 29.3 Å². The fraction of sp³-hybridized carbons (Fsp3) is 0.316. The number of carbonyl (C=O) groups excluding carboxylic acids is 1. The van der Waals surface area contributed by atoms with Crippen LogP contribution in [0.25, 0.3) is 0 Å². The third kappa shape index (κ3) is 5.62. The number of anilines is 2. The molecule has 1 amide bonds. The Morgan fingerprint density at radius 2 is 1.81 bits per heavy atom. The van der Waals surface area contributed by atoms with Crippen molar-refractivity contribution in [1.82, 2.24) is 0 Å². The van der Waals surface area contributed by atoms with Crippen LogP contribution in [-0.4, -0.2) is 40.8 Å². The standard InChI is InChI=1S/C19H24N2O5S/c1-5-18(19(22)20-14-7-6-8-17(13-14)25-3)26-16-11-9-15(10-12-16)21(2)27(4,23)24/h6-13,18H,5H2,1-4H3,(H,20,22)/t18-/m1/s1. The monoisotopic (exact) mass is 392 g/mol. The summed E-state index contributed by atoms with van der Waals surface area (Å²) in [5.74, 6) is 0.851. The largest absolute Gasteiger partial charge is 0.497 e. The Hall–Kier alpha value is -2.74. The van der Waals surface area contributed by atoms with Gasteiger partial charge in [0.25, 0.3) is 5.91 Å². The van der Waals surface area contributed by atoms with Gasteiger partial charge in [-0.05, 0) is 42.8 Å². The predicted molar refractivity (Wildman–Crippen MR) is 106 cm³/mol. The molecular formula is C19H24N2O5S. The smallest absolute Gasteiger partial charge is 0.265 e. The van der Waals surface area contributed by atoms with Crippen molar-refractivity contribution >= 4 is 27.3 Å². The minimum atomic E-state index is -3.33. The van der Waals surface area contributed by atoms with Crippen molar-refractivity contribution in [2.24, 2.45) is 0 Å². The summed E-state index contributed by atoms with van der Waals surface area (Å²) in [6.45, 7) is 1.85. The molecule has 2 rings (SSSR count). The van der Waals surface area contributed by atoms with E-state index in [1.165, 1.54) is 11.4 Å². The fourth-order valence-corrected chi connectivity index (χ4v) is 2.84. The number of nitrogens with zero attached hydrogens (tertiary/aromatic N) is 1. The molecule has 0 saturated carbocycles. The molecule has 0 radical (unpaired) electrons. The average molecular weight is 392 g/mol. The van der Waals surface area contributed by atoms with Crippen molar-refractivity contribution < 1.29 is 22.7 Å². The van der Waals surface area contributed by atoms with Crippen LogP contribution in [0.3, 0.4) is 0 Å². The fourth-order valence-electron chi connectivity index (χ4n) is 2.34. The van der Waals surface area contributed by atoms with Gasteiger partial charge in [-0.25, -0.2) is 8.42 Å². The van der Waals surface area contributed by atoms with Gasteiger partial charge in [-0.3, -0.25) is 9.10 Å². The van der Waals surface area contributed by atoms with Crippen LogP contribution in [-0.2, 0) is 14.8 Å². The van der Waals surface area contributed by atoms with E-state index < -0.39 is 16.1 Å². The van der Waals surface area contributed by atoms with Gasteiger partial charge in [0.15, 0.2) is 6.10 Å². The number of nitrogens with one attached hydrogen (secondary N) is 1. The first kappa shape index (κ1) is 20.6. The van der Waals surface area contributed by atoms with Crippen LogP contribution >= 0.6 is 0 Å². The molecule has 0 aromatic heterocycles. The molecule has 0 heterocycles. The lowest BCUT2D eigenvalue weighted by molar-refractivity contribution is -0.122. The normalized spacial score (nSPS) is 12.1. The number of benzene rings is 2. The van der Waals surface area contributed by atoms with Crippen molar-refractivity contribution in [1.29, 1.82) is 0 Å². The summed E-state index contributed by atoms with van der Waals surface area (Å²) >= 11 is 0. The molecule has 0 aliphatic carbocycles. The minimum Gasteiger partial charge on any atom is -0.497 e. The second-order valence-electron chi connectivity index (χ2n) is 5.96. The van der Waals surface area contributed by atoms with Gasteiger partial charge in [-0.1, -0.05) is 13.0 Å². The van der Waals surface area contributed by atoms with Gasteiger partial charge in [-0.15, -0.1) is 0 Å². The highest BCUT2D eigenvalue weighted by Crippen LogP contribution is 2.22. The molecule has 1 N–H and O–H groups in total. The number of rotatable bonds is 8. The number of carbonyl (C=O) groups is 1. The summed E-state index contributed by atoms with van der Waals surface area (Å²) < 4.78 is 35.2. The first-order valence-corrected chi connectivity index (χ1v) is 10.2. The molecule has 0 fully saturated rings. The van der Waals surface area contributed by atoms with Gasteiger partial charge in [0.1, 0.15) is 11.5 Å². The molecule has 2 aromatic carbocycles.